The fourth-order valence-electron chi connectivity index (χ4n) is 4.89. The Morgan fingerprint density at radius 3 is 1.76 bits per heavy atom. The van der Waals surface area contributed by atoms with Crippen LogP contribution in [0.1, 0.15) is 88.1 Å². The summed E-state index contributed by atoms with van der Waals surface area (Å²) in [5, 5.41) is 11.4. The molecule has 3 rings (SSSR count). The van der Waals surface area contributed by atoms with Gasteiger partial charge in [0.25, 0.3) is 0 Å². The highest BCUT2D eigenvalue weighted by Crippen LogP contribution is 2.46. The Balaban J connectivity index is 2.39. The second kappa shape index (κ2) is 11.0. The van der Waals surface area contributed by atoms with Gasteiger partial charge in [0.15, 0.2) is 0 Å². The first-order valence-electron chi connectivity index (χ1n) is 13.1. The van der Waals surface area contributed by atoms with Crippen molar-refractivity contribution in [3.63, 3.8) is 0 Å². The quantitative estimate of drug-likeness (QED) is 0.340. The van der Waals surface area contributed by atoms with E-state index in [0.29, 0.717) is 12.4 Å². The summed E-state index contributed by atoms with van der Waals surface area (Å²) >= 11 is 0. The van der Waals surface area contributed by atoms with Crippen molar-refractivity contribution < 1.29 is 14.6 Å². The zero-order valence-corrected chi connectivity index (χ0v) is 23.9. The largest absolute Gasteiger partial charge is 0.507 e. The molecule has 198 valence electrons. The number of phenols is 1. The summed E-state index contributed by atoms with van der Waals surface area (Å²) in [6.45, 7) is 14.8. The third-order valence-corrected chi connectivity index (χ3v) is 6.91. The molecule has 0 aliphatic heterocycles. The van der Waals surface area contributed by atoms with Crippen LogP contribution in [-0.4, -0.2) is 31.8 Å². The maximum absolute atomic E-state index is 13.7. The first kappa shape index (κ1) is 28.3. The molecular formula is C33H43NO3. The number of carbonyl (C=O) groups excluding carboxylic acids is 1. The lowest BCUT2D eigenvalue weighted by Crippen LogP contribution is -2.25. The van der Waals surface area contributed by atoms with Crippen LogP contribution >= 0.6 is 0 Å². The first-order valence-corrected chi connectivity index (χ1v) is 13.1. The van der Waals surface area contributed by atoms with E-state index in [1.54, 1.807) is 0 Å². The van der Waals surface area contributed by atoms with Gasteiger partial charge in [-0.25, -0.2) is 0 Å². The average molecular weight is 502 g/mol. The summed E-state index contributed by atoms with van der Waals surface area (Å²) in [6.07, 6.45) is 0. The second-order valence-electron chi connectivity index (χ2n) is 12.1. The maximum Gasteiger partial charge on any atom is 0.314 e. The summed E-state index contributed by atoms with van der Waals surface area (Å²) in [5.41, 5.74) is 5.19. The molecule has 2 unspecified atom stereocenters. The SMILES string of the molecule is CCOC(=O)C(c1ccccc1)C(c1ccc(N(C)C)cc1)c1cc(C(C)(C)C)c(O)c(C(C)(C)C)c1. The van der Waals surface area contributed by atoms with Gasteiger partial charge >= 0.3 is 5.97 Å². The van der Waals surface area contributed by atoms with Crippen LogP contribution in [0.5, 0.6) is 5.75 Å². The van der Waals surface area contributed by atoms with Crippen molar-refractivity contribution in [3.8, 4) is 5.75 Å². The smallest absolute Gasteiger partial charge is 0.314 e. The molecule has 0 saturated carbocycles. The molecule has 4 nitrogen and oxygen atoms in total. The summed E-state index contributed by atoms with van der Waals surface area (Å²) < 4.78 is 5.67. The fourth-order valence-corrected chi connectivity index (χ4v) is 4.89. The molecule has 1 N–H and O–H groups in total. The van der Waals surface area contributed by atoms with Crippen LogP contribution in [0.4, 0.5) is 5.69 Å². The Labute approximate surface area is 223 Å². The van der Waals surface area contributed by atoms with E-state index in [1.165, 1.54) is 0 Å². The summed E-state index contributed by atoms with van der Waals surface area (Å²) in [5.74, 6) is -0.770. The number of benzene rings is 3. The molecule has 2 atom stereocenters. The van der Waals surface area contributed by atoms with Gasteiger partial charge in [0, 0.05) is 25.7 Å². The molecule has 0 aromatic heterocycles. The van der Waals surface area contributed by atoms with E-state index >= 15 is 0 Å². The number of rotatable bonds is 7. The molecule has 4 heteroatoms. The van der Waals surface area contributed by atoms with Gasteiger partial charge in [0.1, 0.15) is 5.75 Å². The highest BCUT2D eigenvalue weighted by atomic mass is 16.5. The number of hydrogen-bond acceptors (Lipinski definition) is 4. The van der Waals surface area contributed by atoms with Crippen molar-refractivity contribution in [2.75, 3.05) is 25.6 Å². The highest BCUT2D eigenvalue weighted by molar-refractivity contribution is 5.81. The second-order valence-corrected chi connectivity index (χ2v) is 12.1. The van der Waals surface area contributed by atoms with Gasteiger partial charge < -0.3 is 14.7 Å². The number of nitrogens with zero attached hydrogens (tertiary/aromatic N) is 1. The summed E-state index contributed by atoms with van der Waals surface area (Å²) in [4.78, 5) is 15.7. The van der Waals surface area contributed by atoms with Crippen molar-refractivity contribution >= 4 is 11.7 Å². The number of ether oxygens (including phenoxy) is 1. The van der Waals surface area contributed by atoms with Crippen molar-refractivity contribution in [1.29, 1.82) is 0 Å². The van der Waals surface area contributed by atoms with Crippen LogP contribution in [0.2, 0.25) is 0 Å². The Morgan fingerprint density at radius 2 is 1.32 bits per heavy atom. The number of phenolic OH excluding ortho intramolecular Hbond substituents is 1. The van der Waals surface area contributed by atoms with Crippen molar-refractivity contribution in [3.05, 3.63) is 94.5 Å². The van der Waals surface area contributed by atoms with Gasteiger partial charge in [-0.3, -0.25) is 4.79 Å². The molecule has 0 aliphatic carbocycles. The number of hydrogen-bond donors (Lipinski definition) is 1. The molecular weight excluding hydrogens is 458 g/mol. The molecule has 0 radical (unpaired) electrons. The van der Waals surface area contributed by atoms with Crippen LogP contribution in [0, 0.1) is 0 Å². The molecule has 37 heavy (non-hydrogen) atoms. The van der Waals surface area contributed by atoms with Crippen LogP contribution in [0.25, 0.3) is 0 Å². The van der Waals surface area contributed by atoms with Gasteiger partial charge in [-0.1, -0.05) is 96.1 Å². The lowest BCUT2D eigenvalue weighted by molar-refractivity contribution is -0.145. The van der Waals surface area contributed by atoms with Crippen molar-refractivity contribution in [2.45, 2.75) is 71.1 Å². The number of carbonyl (C=O) groups is 1. The predicted molar refractivity (Wildman–Crippen MR) is 154 cm³/mol. The minimum absolute atomic E-state index is 0.252. The lowest BCUT2D eigenvalue weighted by Gasteiger charge is -2.32. The average Bonchev–Trinajstić information content (AvgIpc) is 2.82. The van der Waals surface area contributed by atoms with Gasteiger partial charge in [-0.2, -0.15) is 0 Å². The van der Waals surface area contributed by atoms with Gasteiger partial charge in [-0.05, 0) is 57.7 Å². The van der Waals surface area contributed by atoms with E-state index in [4.69, 9.17) is 4.74 Å². The van der Waals surface area contributed by atoms with E-state index in [9.17, 15) is 9.90 Å². The summed E-state index contributed by atoms with van der Waals surface area (Å²) in [7, 11) is 4.03. The molecule has 0 fully saturated rings. The monoisotopic (exact) mass is 501 g/mol. The molecule has 0 saturated heterocycles. The Hall–Kier alpha value is -3.27. The number of esters is 1. The van der Waals surface area contributed by atoms with Crippen LogP contribution < -0.4 is 4.90 Å². The van der Waals surface area contributed by atoms with Crippen LogP contribution in [0.3, 0.4) is 0 Å². The van der Waals surface area contributed by atoms with Crippen molar-refractivity contribution in [2.24, 2.45) is 0 Å². The van der Waals surface area contributed by atoms with Crippen molar-refractivity contribution in [1.82, 2.24) is 0 Å². The molecule has 3 aromatic carbocycles. The minimum Gasteiger partial charge on any atom is -0.507 e. The topological polar surface area (TPSA) is 49.8 Å². The zero-order chi connectivity index (χ0) is 27.5. The van der Waals surface area contributed by atoms with E-state index in [0.717, 1.165) is 33.5 Å². The molecule has 0 spiro atoms. The van der Waals surface area contributed by atoms with E-state index in [-0.39, 0.29) is 22.7 Å². The van der Waals surface area contributed by atoms with Crippen LogP contribution in [0.15, 0.2) is 66.7 Å². The van der Waals surface area contributed by atoms with E-state index in [1.807, 2.05) is 51.4 Å². The predicted octanol–water partition coefficient (Wildman–Crippen LogP) is 7.53. The van der Waals surface area contributed by atoms with Gasteiger partial charge in [-0.15, -0.1) is 0 Å². The zero-order valence-electron chi connectivity index (χ0n) is 23.9. The van der Waals surface area contributed by atoms with Crippen LogP contribution in [-0.2, 0) is 20.4 Å². The molecule has 3 aromatic rings. The molecule has 0 amide bonds. The summed E-state index contributed by atoms with van der Waals surface area (Å²) in [6, 6.07) is 22.5. The fraction of sp³-hybridized carbons (Fsp3) is 0.424. The Kier molecular flexibility index (Phi) is 8.42. The third kappa shape index (κ3) is 6.36. The number of aromatic hydroxyl groups is 1. The maximum atomic E-state index is 13.7. The Morgan fingerprint density at radius 1 is 0.811 bits per heavy atom. The molecule has 0 aliphatic rings. The van der Waals surface area contributed by atoms with E-state index in [2.05, 4.69) is 82.8 Å². The first-order chi connectivity index (χ1) is 17.3. The highest BCUT2D eigenvalue weighted by Gasteiger charge is 2.36. The number of anilines is 1. The van der Waals surface area contributed by atoms with E-state index < -0.39 is 5.92 Å². The van der Waals surface area contributed by atoms with Gasteiger partial charge in [0.2, 0.25) is 0 Å². The Bertz CT molecular complexity index is 1160. The standard InChI is InChI=1S/C33H43NO3/c1-10-37-31(36)29(22-14-12-11-13-15-22)28(23-16-18-25(19-17-23)34(8)9)24-20-26(32(2,3)4)30(35)27(21-24)33(5,6)7/h11-21,28-29,35H,10H2,1-9H3. The lowest BCUT2D eigenvalue weighted by atomic mass is 9.72. The molecule has 0 heterocycles. The third-order valence-electron chi connectivity index (χ3n) is 6.91. The molecule has 0 bridgehead atoms. The van der Waals surface area contributed by atoms with Gasteiger partial charge in [0.05, 0.1) is 12.5 Å². The minimum atomic E-state index is -0.545. The normalized spacial score (nSPS) is 13.6.